The summed E-state index contributed by atoms with van der Waals surface area (Å²) in [6, 6.07) is 71.4. The van der Waals surface area contributed by atoms with Gasteiger partial charge in [0.05, 0.1) is 0 Å². The van der Waals surface area contributed by atoms with E-state index < -0.39 is 0 Å². The molecular weight excluding hydrogens is 601 g/mol. The van der Waals surface area contributed by atoms with E-state index in [1.807, 2.05) is 0 Å². The Morgan fingerprint density at radius 3 is 1.48 bits per heavy atom. The largest absolute Gasteiger partial charge is 0.0622 e. The van der Waals surface area contributed by atoms with Gasteiger partial charge in [0.2, 0.25) is 0 Å². The summed E-state index contributed by atoms with van der Waals surface area (Å²) in [6.45, 7) is 0. The zero-order valence-electron chi connectivity index (χ0n) is 27.5. The zero-order chi connectivity index (χ0) is 33.0. The fraction of sp³-hybridized carbons (Fsp3) is 0. The zero-order valence-corrected chi connectivity index (χ0v) is 27.5. The van der Waals surface area contributed by atoms with Gasteiger partial charge in [-0.05, 0) is 117 Å². The summed E-state index contributed by atoms with van der Waals surface area (Å²) >= 11 is 0. The van der Waals surface area contributed by atoms with Crippen LogP contribution in [0, 0.1) is 0 Å². The lowest BCUT2D eigenvalue weighted by molar-refractivity contribution is 1.63. The molecule has 10 aromatic carbocycles. The molecule has 0 atom stereocenters. The van der Waals surface area contributed by atoms with Gasteiger partial charge in [-0.1, -0.05) is 176 Å². The fourth-order valence-electron chi connectivity index (χ4n) is 8.06. The third-order valence-electron chi connectivity index (χ3n) is 10.4. The Balaban J connectivity index is 1.23. The molecule has 10 rings (SSSR count). The van der Waals surface area contributed by atoms with Gasteiger partial charge < -0.3 is 0 Å². The van der Waals surface area contributed by atoms with Gasteiger partial charge in [-0.15, -0.1) is 0 Å². The molecule has 0 heteroatoms. The first-order chi connectivity index (χ1) is 24.8. The summed E-state index contributed by atoms with van der Waals surface area (Å²) in [5.74, 6) is 0. The lowest BCUT2D eigenvalue weighted by Crippen LogP contribution is -1.92. The van der Waals surface area contributed by atoms with E-state index in [1.165, 1.54) is 98.4 Å². The quantitative estimate of drug-likeness (QED) is 0.134. The molecule has 0 saturated carbocycles. The summed E-state index contributed by atoms with van der Waals surface area (Å²) in [6.07, 6.45) is 0. The van der Waals surface area contributed by atoms with Crippen LogP contribution in [-0.4, -0.2) is 0 Å². The van der Waals surface area contributed by atoms with Crippen LogP contribution in [0.5, 0.6) is 0 Å². The molecule has 0 aliphatic rings. The molecule has 0 amide bonds. The van der Waals surface area contributed by atoms with Gasteiger partial charge in [0.1, 0.15) is 0 Å². The van der Waals surface area contributed by atoms with Crippen molar-refractivity contribution in [2.24, 2.45) is 0 Å². The molecule has 0 nitrogen and oxygen atoms in total. The van der Waals surface area contributed by atoms with Crippen molar-refractivity contribution in [1.29, 1.82) is 0 Å². The first kappa shape index (κ1) is 28.5. The second-order valence-electron chi connectivity index (χ2n) is 13.3. The Morgan fingerprint density at radius 2 is 0.720 bits per heavy atom. The molecular formula is C50H32. The minimum Gasteiger partial charge on any atom is -0.0622 e. The maximum absolute atomic E-state index is 2.40. The number of hydrogen-bond donors (Lipinski definition) is 0. The molecule has 10 aromatic rings. The van der Waals surface area contributed by atoms with Crippen molar-refractivity contribution in [1.82, 2.24) is 0 Å². The highest BCUT2D eigenvalue weighted by molar-refractivity contribution is 6.22. The molecule has 232 valence electrons. The highest BCUT2D eigenvalue weighted by Gasteiger charge is 2.18. The fourth-order valence-corrected chi connectivity index (χ4v) is 8.06. The molecule has 0 aliphatic heterocycles. The maximum atomic E-state index is 2.40. The second kappa shape index (κ2) is 11.6. The number of rotatable bonds is 4. The molecule has 0 saturated heterocycles. The molecule has 0 bridgehead atoms. The van der Waals surface area contributed by atoms with E-state index in [1.54, 1.807) is 0 Å². The second-order valence-corrected chi connectivity index (χ2v) is 13.3. The molecule has 50 heavy (non-hydrogen) atoms. The highest BCUT2D eigenvalue weighted by atomic mass is 14.2. The van der Waals surface area contributed by atoms with E-state index in [0.717, 1.165) is 0 Å². The summed E-state index contributed by atoms with van der Waals surface area (Å²) in [4.78, 5) is 0. The Labute approximate surface area is 291 Å². The van der Waals surface area contributed by atoms with Gasteiger partial charge >= 0.3 is 0 Å². The molecule has 0 fully saturated rings. The molecule has 0 N–H and O–H groups in total. The van der Waals surface area contributed by atoms with E-state index in [9.17, 15) is 0 Å². The van der Waals surface area contributed by atoms with E-state index in [4.69, 9.17) is 0 Å². The van der Waals surface area contributed by atoms with E-state index in [2.05, 4.69) is 194 Å². The molecule has 0 unspecified atom stereocenters. The summed E-state index contributed by atoms with van der Waals surface area (Å²) in [5, 5.41) is 12.7. The van der Waals surface area contributed by atoms with Crippen molar-refractivity contribution in [2.75, 3.05) is 0 Å². The van der Waals surface area contributed by atoms with Crippen molar-refractivity contribution in [2.45, 2.75) is 0 Å². The Bertz CT molecular complexity index is 2900. The van der Waals surface area contributed by atoms with Gasteiger partial charge in [-0.2, -0.15) is 0 Å². The minimum absolute atomic E-state index is 1.22. The van der Waals surface area contributed by atoms with Crippen molar-refractivity contribution in [3.8, 4) is 44.5 Å². The normalized spacial score (nSPS) is 11.6. The predicted octanol–water partition coefficient (Wildman–Crippen LogP) is 14.1. The first-order valence-corrected chi connectivity index (χ1v) is 17.3. The molecule has 0 radical (unpaired) electrons. The minimum atomic E-state index is 1.22. The van der Waals surface area contributed by atoms with Gasteiger partial charge in [0.25, 0.3) is 0 Å². The van der Waals surface area contributed by atoms with Gasteiger partial charge in [0, 0.05) is 0 Å². The third-order valence-corrected chi connectivity index (χ3v) is 10.4. The van der Waals surface area contributed by atoms with E-state index in [-0.39, 0.29) is 0 Å². The van der Waals surface area contributed by atoms with E-state index in [0.29, 0.717) is 0 Å². The first-order valence-electron chi connectivity index (χ1n) is 17.3. The number of benzene rings is 10. The van der Waals surface area contributed by atoms with Crippen LogP contribution in [-0.2, 0) is 0 Å². The van der Waals surface area contributed by atoms with Crippen LogP contribution in [0.4, 0.5) is 0 Å². The Morgan fingerprint density at radius 1 is 0.200 bits per heavy atom. The highest BCUT2D eigenvalue weighted by Crippen LogP contribution is 2.46. The van der Waals surface area contributed by atoms with Crippen molar-refractivity contribution in [3.05, 3.63) is 194 Å². The number of hydrogen-bond acceptors (Lipinski definition) is 0. The van der Waals surface area contributed by atoms with Crippen LogP contribution < -0.4 is 0 Å². The lowest BCUT2D eigenvalue weighted by Gasteiger charge is -2.19. The van der Waals surface area contributed by atoms with Crippen LogP contribution >= 0.6 is 0 Å². The average molecular weight is 633 g/mol. The third kappa shape index (κ3) is 4.61. The Hall–Kier alpha value is -6.50. The van der Waals surface area contributed by atoms with Gasteiger partial charge in [-0.3, -0.25) is 0 Å². The molecule has 0 aliphatic carbocycles. The van der Waals surface area contributed by atoms with Crippen molar-refractivity contribution in [3.63, 3.8) is 0 Å². The monoisotopic (exact) mass is 632 g/mol. The standard InChI is InChI=1S/C50H32/c1-2-12-33(13-3-1)38-28-29-46-48(31-38)49(44-20-10-11-21-45(44)50(46)40-27-22-34-14-4-5-15-37(34)30-40)36-25-23-35(24-26-36)47-32-39-16-6-7-17-41(39)42-18-8-9-19-43(42)47/h1-32H. The van der Waals surface area contributed by atoms with Crippen LogP contribution in [0.25, 0.3) is 98.4 Å². The van der Waals surface area contributed by atoms with Crippen LogP contribution in [0.15, 0.2) is 194 Å². The molecule has 0 spiro atoms. The smallest absolute Gasteiger partial charge is 0.00261 e. The summed E-state index contributed by atoms with van der Waals surface area (Å²) in [7, 11) is 0. The van der Waals surface area contributed by atoms with Gasteiger partial charge in [0.15, 0.2) is 0 Å². The van der Waals surface area contributed by atoms with Crippen molar-refractivity contribution < 1.29 is 0 Å². The van der Waals surface area contributed by atoms with Crippen molar-refractivity contribution >= 4 is 53.9 Å². The maximum Gasteiger partial charge on any atom is -0.00261 e. The summed E-state index contributed by atoms with van der Waals surface area (Å²) in [5.41, 5.74) is 9.94. The topological polar surface area (TPSA) is 0 Å². The Kier molecular flexibility index (Phi) is 6.60. The molecule has 0 aromatic heterocycles. The average Bonchev–Trinajstić information content (AvgIpc) is 3.19. The summed E-state index contributed by atoms with van der Waals surface area (Å²) < 4.78 is 0. The molecule has 0 heterocycles. The van der Waals surface area contributed by atoms with Crippen LogP contribution in [0.1, 0.15) is 0 Å². The van der Waals surface area contributed by atoms with Crippen LogP contribution in [0.2, 0.25) is 0 Å². The lowest BCUT2D eigenvalue weighted by atomic mass is 9.84. The SMILES string of the molecule is c1ccc(-c2ccc3c(-c4ccc5ccccc5c4)c4ccccc4c(-c4ccc(-c5cc6ccccc6c6ccccc56)cc4)c3c2)cc1. The number of fused-ring (bicyclic) bond motifs is 6. The predicted molar refractivity (Wildman–Crippen MR) is 216 cm³/mol. The van der Waals surface area contributed by atoms with E-state index >= 15 is 0 Å². The van der Waals surface area contributed by atoms with Crippen LogP contribution in [0.3, 0.4) is 0 Å². The van der Waals surface area contributed by atoms with Gasteiger partial charge in [-0.25, -0.2) is 0 Å².